The van der Waals surface area contributed by atoms with Crippen LogP contribution in [0.25, 0.3) is 0 Å². The van der Waals surface area contributed by atoms with Gasteiger partial charge in [0.25, 0.3) is 0 Å². The van der Waals surface area contributed by atoms with Gasteiger partial charge in [0.1, 0.15) is 12.6 Å². The second-order valence-corrected chi connectivity index (χ2v) is 11.5. The van der Waals surface area contributed by atoms with Crippen molar-refractivity contribution in [2.45, 2.75) is 59.7 Å². The van der Waals surface area contributed by atoms with Crippen LogP contribution in [0, 0.1) is 13.8 Å². The summed E-state index contributed by atoms with van der Waals surface area (Å²) < 4.78 is 26.5. The Kier molecular flexibility index (Phi) is 10.0. The van der Waals surface area contributed by atoms with Gasteiger partial charge in [-0.15, -0.1) is 0 Å². The van der Waals surface area contributed by atoms with Crippen LogP contribution in [-0.2, 0) is 26.2 Å². The number of carbonyl (C=O) groups excluding carboxylic acids is 2. The highest BCUT2D eigenvalue weighted by Gasteiger charge is 2.31. The predicted molar refractivity (Wildman–Crippen MR) is 142 cm³/mol. The van der Waals surface area contributed by atoms with Crippen LogP contribution in [-0.4, -0.2) is 50.0 Å². The number of carbonyl (C=O) groups is 2. The van der Waals surface area contributed by atoms with E-state index >= 15 is 0 Å². The Morgan fingerprint density at radius 3 is 2.23 bits per heavy atom. The molecule has 7 nitrogen and oxygen atoms in total. The monoisotopic (exact) mass is 541 g/mol. The number of nitrogens with zero attached hydrogens (tertiary/aromatic N) is 2. The van der Waals surface area contributed by atoms with Crippen molar-refractivity contribution in [3.63, 3.8) is 0 Å². The van der Waals surface area contributed by atoms with E-state index in [2.05, 4.69) is 5.32 Å². The lowest BCUT2D eigenvalue weighted by molar-refractivity contribution is -0.139. The number of anilines is 1. The highest BCUT2D eigenvalue weighted by molar-refractivity contribution is 7.92. The van der Waals surface area contributed by atoms with Crippen LogP contribution in [0.1, 0.15) is 43.9 Å². The molecular formula is C25H33Cl2N3O4S. The Labute approximate surface area is 218 Å². The zero-order valence-corrected chi connectivity index (χ0v) is 23.3. The fourth-order valence-corrected chi connectivity index (χ4v) is 4.79. The molecule has 0 aliphatic carbocycles. The maximum Gasteiger partial charge on any atom is 0.244 e. The Hall–Kier alpha value is -2.29. The molecule has 0 aromatic heterocycles. The molecule has 0 fully saturated rings. The number of hydrogen-bond donors (Lipinski definition) is 1. The molecule has 10 heteroatoms. The first-order valence-corrected chi connectivity index (χ1v) is 13.9. The van der Waals surface area contributed by atoms with Crippen molar-refractivity contribution in [3.8, 4) is 0 Å². The molecule has 0 aliphatic rings. The molecule has 2 rings (SSSR count). The molecule has 0 saturated heterocycles. The van der Waals surface area contributed by atoms with E-state index in [9.17, 15) is 18.0 Å². The molecule has 0 bridgehead atoms. The molecule has 0 spiro atoms. The number of nitrogens with one attached hydrogen (secondary N) is 1. The quantitative estimate of drug-likeness (QED) is 0.471. The van der Waals surface area contributed by atoms with Crippen LogP contribution < -0.4 is 9.62 Å². The van der Waals surface area contributed by atoms with Crippen molar-refractivity contribution in [2.75, 3.05) is 17.1 Å². The summed E-state index contributed by atoms with van der Waals surface area (Å²) in [6.45, 7) is 8.74. The van der Waals surface area contributed by atoms with E-state index in [1.807, 2.05) is 26.8 Å². The summed E-state index contributed by atoms with van der Waals surface area (Å²) in [4.78, 5) is 27.9. The number of halogens is 2. The lowest BCUT2D eigenvalue weighted by Crippen LogP contribution is -2.52. The first-order valence-electron chi connectivity index (χ1n) is 11.3. The minimum atomic E-state index is -3.79. The van der Waals surface area contributed by atoms with Crippen molar-refractivity contribution >= 4 is 50.7 Å². The standard InChI is InChI=1S/C25H33Cl2N3O4S/c1-7-18(4)28-25(32)19(5)29(14-20-9-10-21(26)22(27)13-20)24(31)15-30(35(6,33)34)23-11-8-16(2)12-17(23)3/h8-13,18-19H,7,14-15H2,1-6H3,(H,28,32)/t18-,19-/m0/s1. The van der Waals surface area contributed by atoms with Crippen molar-refractivity contribution in [1.29, 1.82) is 0 Å². The third-order valence-corrected chi connectivity index (χ3v) is 7.67. The molecule has 1 N–H and O–H groups in total. The molecule has 2 atom stereocenters. The number of amides is 2. The topological polar surface area (TPSA) is 86.8 Å². The lowest BCUT2D eigenvalue weighted by atomic mass is 10.1. The zero-order chi connectivity index (χ0) is 26.5. The number of sulfonamides is 1. The SMILES string of the molecule is CC[C@H](C)NC(=O)[C@H](C)N(Cc1ccc(Cl)c(Cl)c1)C(=O)CN(c1ccc(C)cc1C)S(C)(=O)=O. The van der Waals surface area contributed by atoms with Gasteiger partial charge >= 0.3 is 0 Å². The maximum atomic E-state index is 13.6. The molecule has 2 amide bonds. The molecular weight excluding hydrogens is 509 g/mol. The van der Waals surface area contributed by atoms with Crippen LogP contribution >= 0.6 is 23.2 Å². The van der Waals surface area contributed by atoms with Gasteiger partial charge in [-0.05, 0) is 63.4 Å². The van der Waals surface area contributed by atoms with Crippen molar-refractivity contribution < 1.29 is 18.0 Å². The molecule has 192 valence electrons. The average Bonchev–Trinajstić information content (AvgIpc) is 2.77. The lowest BCUT2D eigenvalue weighted by Gasteiger charge is -2.32. The Balaban J connectivity index is 2.44. The Morgan fingerprint density at radius 1 is 1.03 bits per heavy atom. The molecule has 35 heavy (non-hydrogen) atoms. The summed E-state index contributed by atoms with van der Waals surface area (Å²) in [5, 5.41) is 3.58. The number of hydrogen-bond acceptors (Lipinski definition) is 4. The molecule has 0 aliphatic heterocycles. The van der Waals surface area contributed by atoms with Gasteiger partial charge in [-0.3, -0.25) is 13.9 Å². The normalized spacial score (nSPS) is 13.1. The molecule has 0 radical (unpaired) electrons. The summed E-state index contributed by atoms with van der Waals surface area (Å²) in [6.07, 6.45) is 1.79. The number of rotatable bonds is 10. The number of aryl methyl sites for hydroxylation is 2. The predicted octanol–water partition coefficient (Wildman–Crippen LogP) is 4.71. The van der Waals surface area contributed by atoms with Gasteiger partial charge in [0.05, 0.1) is 22.0 Å². The van der Waals surface area contributed by atoms with Crippen LogP contribution in [0.15, 0.2) is 36.4 Å². The summed E-state index contributed by atoms with van der Waals surface area (Å²) in [7, 11) is -3.79. The van der Waals surface area contributed by atoms with E-state index < -0.39 is 28.5 Å². The first-order chi connectivity index (χ1) is 16.2. The van der Waals surface area contributed by atoms with E-state index in [0.29, 0.717) is 21.3 Å². The van der Waals surface area contributed by atoms with Crippen molar-refractivity contribution in [1.82, 2.24) is 10.2 Å². The van der Waals surface area contributed by atoms with E-state index in [4.69, 9.17) is 23.2 Å². The highest BCUT2D eigenvalue weighted by Crippen LogP contribution is 2.26. The second-order valence-electron chi connectivity index (χ2n) is 8.82. The largest absolute Gasteiger partial charge is 0.352 e. The third-order valence-electron chi connectivity index (χ3n) is 5.81. The second kappa shape index (κ2) is 12.1. The van der Waals surface area contributed by atoms with E-state index in [1.165, 1.54) is 4.90 Å². The molecule has 2 aromatic rings. The zero-order valence-electron chi connectivity index (χ0n) is 20.9. The van der Waals surface area contributed by atoms with Gasteiger partial charge in [0.15, 0.2) is 0 Å². The van der Waals surface area contributed by atoms with E-state index in [-0.39, 0.29) is 18.5 Å². The summed E-state index contributed by atoms with van der Waals surface area (Å²) in [5.41, 5.74) is 2.77. The highest BCUT2D eigenvalue weighted by atomic mass is 35.5. The Morgan fingerprint density at radius 2 is 1.69 bits per heavy atom. The van der Waals surface area contributed by atoms with Gasteiger partial charge in [-0.2, -0.15) is 0 Å². The third kappa shape index (κ3) is 7.85. The summed E-state index contributed by atoms with van der Waals surface area (Å²) >= 11 is 12.2. The van der Waals surface area contributed by atoms with E-state index in [0.717, 1.165) is 28.1 Å². The van der Waals surface area contributed by atoms with Gasteiger partial charge in [-0.1, -0.05) is 53.9 Å². The summed E-state index contributed by atoms with van der Waals surface area (Å²) in [5.74, 6) is -0.849. The fourth-order valence-electron chi connectivity index (χ4n) is 3.56. The minimum Gasteiger partial charge on any atom is -0.352 e. The van der Waals surface area contributed by atoms with Crippen molar-refractivity contribution in [2.24, 2.45) is 0 Å². The first kappa shape index (κ1) is 28.9. The van der Waals surface area contributed by atoms with Crippen LogP contribution in [0.2, 0.25) is 10.0 Å². The van der Waals surface area contributed by atoms with Crippen molar-refractivity contribution in [3.05, 3.63) is 63.1 Å². The fraction of sp³-hybridized carbons (Fsp3) is 0.440. The summed E-state index contributed by atoms with van der Waals surface area (Å²) in [6, 6.07) is 9.36. The Bertz CT molecular complexity index is 1190. The van der Waals surface area contributed by atoms with Gasteiger partial charge in [-0.25, -0.2) is 8.42 Å². The molecule has 0 heterocycles. The minimum absolute atomic E-state index is 0.0509. The van der Waals surface area contributed by atoms with Crippen LogP contribution in [0.5, 0.6) is 0 Å². The molecule has 0 unspecified atom stereocenters. The van der Waals surface area contributed by atoms with E-state index in [1.54, 1.807) is 44.2 Å². The van der Waals surface area contributed by atoms with Crippen LogP contribution in [0.3, 0.4) is 0 Å². The van der Waals surface area contributed by atoms with Gasteiger partial charge < -0.3 is 10.2 Å². The maximum absolute atomic E-state index is 13.6. The van der Waals surface area contributed by atoms with Crippen LogP contribution in [0.4, 0.5) is 5.69 Å². The molecule has 0 saturated carbocycles. The smallest absolute Gasteiger partial charge is 0.244 e. The van der Waals surface area contributed by atoms with Gasteiger partial charge in [0.2, 0.25) is 21.8 Å². The molecule has 2 aromatic carbocycles. The average molecular weight is 543 g/mol. The number of benzene rings is 2. The van der Waals surface area contributed by atoms with Gasteiger partial charge in [0, 0.05) is 12.6 Å².